The van der Waals surface area contributed by atoms with E-state index in [0.717, 1.165) is 12.2 Å². The Hall–Kier alpha value is -1.06. The largest absolute Gasteiger partial charge is 0.383 e. The van der Waals surface area contributed by atoms with Crippen LogP contribution in [0.2, 0.25) is 0 Å². The van der Waals surface area contributed by atoms with Crippen molar-refractivity contribution in [3.05, 3.63) is 29.8 Å². The molecular weight excluding hydrogens is 226 g/mol. The third kappa shape index (κ3) is 7.30. The highest BCUT2D eigenvalue weighted by molar-refractivity contribution is 5.44. The van der Waals surface area contributed by atoms with Crippen molar-refractivity contribution in [1.29, 1.82) is 0 Å². The minimum absolute atomic E-state index is 0.0799. The Kier molecular flexibility index (Phi) is 6.16. The molecule has 1 N–H and O–H groups in total. The predicted octanol–water partition coefficient (Wildman–Crippen LogP) is 3.24. The average molecular weight is 251 g/mol. The second-order valence-electron chi connectivity index (χ2n) is 5.37. The molecule has 0 spiro atoms. The molecule has 0 bridgehead atoms. The predicted molar refractivity (Wildman–Crippen MR) is 76.2 cm³/mol. The molecular formula is C15H25NO2. The van der Waals surface area contributed by atoms with Gasteiger partial charge in [0.2, 0.25) is 0 Å². The minimum Gasteiger partial charge on any atom is -0.383 e. The summed E-state index contributed by atoms with van der Waals surface area (Å²) >= 11 is 0. The summed E-state index contributed by atoms with van der Waals surface area (Å²) in [6, 6.07) is 8.36. The first-order valence-corrected chi connectivity index (χ1v) is 6.50. The topological polar surface area (TPSA) is 30.5 Å². The van der Waals surface area contributed by atoms with E-state index in [4.69, 9.17) is 9.47 Å². The highest BCUT2D eigenvalue weighted by atomic mass is 16.5. The summed E-state index contributed by atoms with van der Waals surface area (Å²) in [7, 11) is 0. The third-order valence-corrected chi connectivity index (χ3v) is 2.39. The second kappa shape index (κ2) is 7.39. The van der Waals surface area contributed by atoms with Crippen LogP contribution < -0.4 is 5.32 Å². The van der Waals surface area contributed by atoms with Gasteiger partial charge in [-0.15, -0.1) is 0 Å². The Morgan fingerprint density at radius 1 is 1.00 bits per heavy atom. The van der Waals surface area contributed by atoms with Gasteiger partial charge in [0.1, 0.15) is 0 Å². The van der Waals surface area contributed by atoms with E-state index >= 15 is 0 Å². The Morgan fingerprint density at radius 2 is 1.67 bits per heavy atom. The third-order valence-electron chi connectivity index (χ3n) is 2.39. The van der Waals surface area contributed by atoms with E-state index in [1.807, 2.05) is 20.8 Å². The number of ether oxygens (including phenoxy) is 2. The number of hydrogen-bond acceptors (Lipinski definition) is 3. The first-order valence-electron chi connectivity index (χ1n) is 6.50. The smallest absolute Gasteiger partial charge is 0.0707 e. The van der Waals surface area contributed by atoms with Gasteiger partial charge in [-0.3, -0.25) is 0 Å². The monoisotopic (exact) mass is 251 g/mol. The standard InChI is InChI=1S/C15H25NO2/c1-13-5-7-14(8-6-13)16-9-10-17-11-12-18-15(2,3)4/h5-8,16H,9-12H2,1-4H3. The first-order chi connectivity index (χ1) is 8.47. The van der Waals surface area contributed by atoms with Gasteiger partial charge in [0, 0.05) is 12.2 Å². The molecule has 1 aromatic rings. The summed E-state index contributed by atoms with van der Waals surface area (Å²) in [6.07, 6.45) is 0. The lowest BCUT2D eigenvalue weighted by atomic mass is 10.2. The maximum atomic E-state index is 5.56. The number of aryl methyl sites for hydroxylation is 1. The van der Waals surface area contributed by atoms with Gasteiger partial charge in [0.15, 0.2) is 0 Å². The summed E-state index contributed by atoms with van der Waals surface area (Å²) in [6.45, 7) is 11.0. The van der Waals surface area contributed by atoms with Crippen LogP contribution in [0.15, 0.2) is 24.3 Å². The summed E-state index contributed by atoms with van der Waals surface area (Å²) in [5.74, 6) is 0. The summed E-state index contributed by atoms with van der Waals surface area (Å²) in [4.78, 5) is 0. The number of hydrogen-bond donors (Lipinski definition) is 1. The second-order valence-corrected chi connectivity index (χ2v) is 5.37. The van der Waals surface area contributed by atoms with Crippen molar-refractivity contribution < 1.29 is 9.47 Å². The molecule has 0 amide bonds. The van der Waals surface area contributed by atoms with Gasteiger partial charge >= 0.3 is 0 Å². The molecule has 102 valence electrons. The van der Waals surface area contributed by atoms with Crippen LogP contribution in [0.5, 0.6) is 0 Å². The van der Waals surface area contributed by atoms with Gasteiger partial charge in [0.25, 0.3) is 0 Å². The maximum Gasteiger partial charge on any atom is 0.0707 e. The molecule has 1 aromatic carbocycles. The molecule has 3 heteroatoms. The number of nitrogens with one attached hydrogen (secondary N) is 1. The molecule has 3 nitrogen and oxygen atoms in total. The van der Waals surface area contributed by atoms with E-state index in [-0.39, 0.29) is 5.60 Å². The molecule has 0 heterocycles. The van der Waals surface area contributed by atoms with Crippen molar-refractivity contribution in [2.45, 2.75) is 33.3 Å². The van der Waals surface area contributed by atoms with Gasteiger partial charge in [-0.05, 0) is 39.8 Å². The van der Waals surface area contributed by atoms with Crippen LogP contribution in [-0.2, 0) is 9.47 Å². The molecule has 1 rings (SSSR count). The van der Waals surface area contributed by atoms with E-state index in [2.05, 4.69) is 36.5 Å². The van der Waals surface area contributed by atoms with Gasteiger partial charge in [0.05, 0.1) is 25.4 Å². The Bertz CT molecular complexity index is 327. The van der Waals surface area contributed by atoms with Crippen LogP contribution in [0, 0.1) is 6.92 Å². The lowest BCUT2D eigenvalue weighted by molar-refractivity contribution is -0.0335. The molecule has 0 aliphatic rings. The van der Waals surface area contributed by atoms with Crippen LogP contribution >= 0.6 is 0 Å². The van der Waals surface area contributed by atoms with Crippen LogP contribution in [0.3, 0.4) is 0 Å². The van der Waals surface area contributed by atoms with E-state index in [1.165, 1.54) is 5.56 Å². The van der Waals surface area contributed by atoms with Crippen molar-refractivity contribution >= 4 is 5.69 Å². The molecule has 18 heavy (non-hydrogen) atoms. The normalized spacial score (nSPS) is 11.6. The van der Waals surface area contributed by atoms with E-state index in [0.29, 0.717) is 19.8 Å². The van der Waals surface area contributed by atoms with Crippen molar-refractivity contribution in [3.63, 3.8) is 0 Å². The Morgan fingerprint density at radius 3 is 2.28 bits per heavy atom. The lowest BCUT2D eigenvalue weighted by Gasteiger charge is -2.19. The zero-order valence-corrected chi connectivity index (χ0v) is 12.0. The van der Waals surface area contributed by atoms with E-state index in [9.17, 15) is 0 Å². The van der Waals surface area contributed by atoms with Gasteiger partial charge in [-0.25, -0.2) is 0 Å². The van der Waals surface area contributed by atoms with Crippen molar-refractivity contribution in [2.24, 2.45) is 0 Å². The highest BCUT2D eigenvalue weighted by Crippen LogP contribution is 2.08. The molecule has 0 atom stereocenters. The molecule has 0 aromatic heterocycles. The fourth-order valence-corrected chi connectivity index (χ4v) is 1.45. The molecule has 0 radical (unpaired) electrons. The summed E-state index contributed by atoms with van der Waals surface area (Å²) in [5.41, 5.74) is 2.33. The zero-order valence-electron chi connectivity index (χ0n) is 12.0. The fourth-order valence-electron chi connectivity index (χ4n) is 1.45. The quantitative estimate of drug-likeness (QED) is 0.755. The van der Waals surface area contributed by atoms with Crippen LogP contribution in [-0.4, -0.2) is 32.0 Å². The highest BCUT2D eigenvalue weighted by Gasteiger charge is 2.08. The van der Waals surface area contributed by atoms with Crippen molar-refractivity contribution in [2.75, 3.05) is 31.7 Å². The SMILES string of the molecule is Cc1ccc(NCCOCCOC(C)(C)C)cc1. The molecule has 0 unspecified atom stereocenters. The van der Waals surface area contributed by atoms with Crippen LogP contribution in [0.25, 0.3) is 0 Å². The van der Waals surface area contributed by atoms with Crippen LogP contribution in [0.4, 0.5) is 5.69 Å². The Balaban J connectivity index is 2.00. The first kappa shape index (κ1) is 15.0. The van der Waals surface area contributed by atoms with Crippen molar-refractivity contribution in [3.8, 4) is 0 Å². The van der Waals surface area contributed by atoms with E-state index < -0.39 is 0 Å². The molecule has 0 saturated carbocycles. The number of rotatable bonds is 7. The molecule has 0 saturated heterocycles. The van der Waals surface area contributed by atoms with Gasteiger partial charge in [-0.1, -0.05) is 17.7 Å². The van der Waals surface area contributed by atoms with Crippen LogP contribution in [0.1, 0.15) is 26.3 Å². The molecule has 0 fully saturated rings. The zero-order chi connectivity index (χ0) is 13.4. The summed E-state index contributed by atoms with van der Waals surface area (Å²) < 4.78 is 11.0. The minimum atomic E-state index is -0.0799. The van der Waals surface area contributed by atoms with Crippen molar-refractivity contribution in [1.82, 2.24) is 0 Å². The Labute approximate surface area is 110 Å². The summed E-state index contributed by atoms with van der Waals surface area (Å²) in [5, 5.41) is 3.31. The molecule has 0 aliphatic heterocycles. The molecule has 0 aliphatic carbocycles. The average Bonchev–Trinajstić information content (AvgIpc) is 2.29. The van der Waals surface area contributed by atoms with Gasteiger partial charge in [-0.2, -0.15) is 0 Å². The maximum absolute atomic E-state index is 5.56. The van der Waals surface area contributed by atoms with E-state index in [1.54, 1.807) is 0 Å². The number of anilines is 1. The lowest BCUT2D eigenvalue weighted by Crippen LogP contribution is -2.22. The van der Waals surface area contributed by atoms with Gasteiger partial charge < -0.3 is 14.8 Å². The fraction of sp³-hybridized carbons (Fsp3) is 0.600. The number of benzene rings is 1.